The van der Waals surface area contributed by atoms with Crippen molar-refractivity contribution in [3.05, 3.63) is 12.2 Å². The normalized spacial score (nSPS) is 12.7. The lowest BCUT2D eigenvalue weighted by Crippen LogP contribution is -2.25. The lowest BCUT2D eigenvalue weighted by molar-refractivity contribution is -0.0744. The maximum atomic E-state index is 10.4. The average Bonchev–Trinajstić information content (AvgIpc) is 2.94. The summed E-state index contributed by atoms with van der Waals surface area (Å²) in [7, 11) is -1.81. The summed E-state index contributed by atoms with van der Waals surface area (Å²) in [5.74, 6) is 0. The lowest BCUT2D eigenvalue weighted by atomic mass is 10.1. The first-order chi connectivity index (χ1) is 19.2. The molecule has 0 aliphatic heterocycles. The lowest BCUT2D eigenvalue weighted by Gasteiger charge is -2.23. The fraction of sp³-hybridized carbons (Fsp3) is 0.941. The molecule has 0 aromatic carbocycles. The minimum atomic E-state index is -1.81. The molecule has 5 heteroatoms. The summed E-state index contributed by atoms with van der Waals surface area (Å²) in [6, 6.07) is 0. The maximum absolute atomic E-state index is 10.4. The zero-order valence-corrected chi connectivity index (χ0v) is 27.7. The van der Waals surface area contributed by atoms with Crippen LogP contribution in [0.4, 0.5) is 0 Å². The molecule has 0 aromatic heterocycles. The quantitative estimate of drug-likeness (QED) is 0.0368. The van der Waals surface area contributed by atoms with Crippen LogP contribution in [0.3, 0.4) is 0 Å². The number of rotatable bonds is 33. The van der Waals surface area contributed by atoms with Crippen molar-refractivity contribution in [1.82, 2.24) is 5.06 Å². The third-order valence-electron chi connectivity index (χ3n) is 7.57. The van der Waals surface area contributed by atoms with Gasteiger partial charge in [0.25, 0.3) is 0 Å². The van der Waals surface area contributed by atoms with Crippen LogP contribution in [0.1, 0.15) is 188 Å². The minimum absolute atomic E-state index is 0.602. The van der Waals surface area contributed by atoms with Gasteiger partial charge in [-0.1, -0.05) is 155 Å². The Morgan fingerprint density at radius 3 is 1.28 bits per heavy atom. The second kappa shape index (κ2) is 34.2. The molecule has 1 atom stereocenters. The third kappa shape index (κ3) is 32.4. The van der Waals surface area contributed by atoms with E-state index in [2.05, 4.69) is 32.9 Å². The van der Waals surface area contributed by atoms with Gasteiger partial charge in [0, 0.05) is 13.1 Å². The summed E-state index contributed by atoms with van der Waals surface area (Å²) in [5.41, 5.74) is 0. The Morgan fingerprint density at radius 1 is 0.487 bits per heavy atom. The highest BCUT2D eigenvalue weighted by Crippen LogP contribution is 2.34. The highest BCUT2D eigenvalue weighted by atomic mass is 31.2. The van der Waals surface area contributed by atoms with Gasteiger partial charge in [0.2, 0.25) is 0 Å². The molecule has 0 spiro atoms. The summed E-state index contributed by atoms with van der Waals surface area (Å²) < 4.78 is 11.5. The van der Waals surface area contributed by atoms with Crippen molar-refractivity contribution in [3.63, 3.8) is 0 Å². The Hall–Kier alpha value is 0.0100. The van der Waals surface area contributed by atoms with Crippen LogP contribution >= 0.6 is 8.60 Å². The predicted octanol–water partition coefficient (Wildman–Crippen LogP) is 12.2. The molecule has 0 heterocycles. The highest BCUT2D eigenvalue weighted by molar-refractivity contribution is 7.40. The van der Waals surface area contributed by atoms with Crippen LogP contribution in [0.5, 0.6) is 0 Å². The van der Waals surface area contributed by atoms with Crippen LogP contribution in [0.15, 0.2) is 12.2 Å². The number of hydrogen-bond donors (Lipinski definition) is 1. The van der Waals surface area contributed by atoms with Gasteiger partial charge in [0.15, 0.2) is 0 Å². The second-order valence-electron chi connectivity index (χ2n) is 11.6. The first kappa shape index (κ1) is 39.0. The Labute approximate surface area is 247 Å². The van der Waals surface area contributed by atoms with E-state index < -0.39 is 8.60 Å². The molecule has 0 fully saturated rings. The van der Waals surface area contributed by atoms with Gasteiger partial charge in [-0.2, -0.15) is 5.06 Å². The van der Waals surface area contributed by atoms with Crippen LogP contribution < -0.4 is 0 Å². The Balaban J connectivity index is 3.77. The highest BCUT2D eigenvalue weighted by Gasteiger charge is 2.14. The molecule has 39 heavy (non-hydrogen) atoms. The maximum Gasteiger partial charge on any atom is 0.348 e. The minimum Gasteiger partial charge on any atom is -0.327 e. The van der Waals surface area contributed by atoms with Gasteiger partial charge >= 0.3 is 8.60 Å². The molecule has 1 N–H and O–H groups in total. The van der Waals surface area contributed by atoms with Crippen LogP contribution in [-0.4, -0.2) is 29.7 Å². The van der Waals surface area contributed by atoms with E-state index in [0.29, 0.717) is 6.61 Å². The first-order valence-corrected chi connectivity index (χ1v) is 18.6. The van der Waals surface area contributed by atoms with Crippen LogP contribution in [0, 0.1) is 0 Å². The van der Waals surface area contributed by atoms with Crippen LogP contribution in [0.25, 0.3) is 0 Å². The average molecular weight is 572 g/mol. The fourth-order valence-electron chi connectivity index (χ4n) is 4.94. The van der Waals surface area contributed by atoms with E-state index in [9.17, 15) is 4.89 Å². The van der Waals surface area contributed by atoms with Gasteiger partial charge in [0.1, 0.15) is 0 Å². The Bertz CT molecular complexity index is 461. The van der Waals surface area contributed by atoms with E-state index >= 15 is 0 Å². The summed E-state index contributed by atoms with van der Waals surface area (Å²) in [6.45, 7) is 9.21. The first-order valence-electron chi connectivity index (χ1n) is 17.4. The Kier molecular flexibility index (Phi) is 34.2. The van der Waals surface area contributed by atoms with Crippen molar-refractivity contribution >= 4 is 8.60 Å². The smallest absolute Gasteiger partial charge is 0.327 e. The molecule has 0 aromatic rings. The van der Waals surface area contributed by atoms with Crippen molar-refractivity contribution in [1.29, 1.82) is 0 Å². The zero-order chi connectivity index (χ0) is 28.5. The summed E-state index contributed by atoms with van der Waals surface area (Å²) in [4.78, 5) is 10.4. The van der Waals surface area contributed by atoms with Crippen LogP contribution in [-0.2, 0) is 9.15 Å². The van der Waals surface area contributed by atoms with Gasteiger partial charge in [0.05, 0.1) is 6.61 Å². The summed E-state index contributed by atoms with van der Waals surface area (Å²) in [6.07, 6.45) is 38.3. The molecular weight excluding hydrogens is 501 g/mol. The molecule has 0 amide bonds. The largest absolute Gasteiger partial charge is 0.348 e. The van der Waals surface area contributed by atoms with Gasteiger partial charge in [-0.15, -0.1) is 0 Å². The summed E-state index contributed by atoms with van der Waals surface area (Å²) in [5, 5.41) is 1.99. The second-order valence-corrected chi connectivity index (χ2v) is 12.5. The molecule has 0 saturated heterocycles. The van der Waals surface area contributed by atoms with E-state index in [0.717, 1.165) is 32.4 Å². The van der Waals surface area contributed by atoms with E-state index in [4.69, 9.17) is 9.15 Å². The number of unbranched alkanes of at least 4 members (excludes halogenated alkanes) is 22. The van der Waals surface area contributed by atoms with Crippen molar-refractivity contribution in [3.8, 4) is 0 Å². The fourth-order valence-corrected chi connectivity index (χ4v) is 5.64. The van der Waals surface area contributed by atoms with Gasteiger partial charge in [-0.3, -0.25) is 0 Å². The van der Waals surface area contributed by atoms with Crippen LogP contribution in [0.2, 0.25) is 0 Å². The molecule has 234 valence electrons. The van der Waals surface area contributed by atoms with Crippen molar-refractivity contribution < 1.29 is 14.0 Å². The standard InChI is InChI=1S/C34H70NO3P/c1-4-7-10-13-16-17-18-19-20-21-22-23-24-25-28-31-34-37-39(36)38-35(32-29-26-14-11-8-5-2)33-30-27-15-12-9-6-3/h19-20,36H,4-18,21-34H2,1-3H3/b20-19-. The molecule has 1 unspecified atom stereocenters. The summed E-state index contributed by atoms with van der Waals surface area (Å²) >= 11 is 0. The van der Waals surface area contributed by atoms with Gasteiger partial charge in [-0.25, -0.2) is 4.62 Å². The molecule has 0 aliphatic carbocycles. The van der Waals surface area contributed by atoms with E-state index in [1.807, 2.05) is 5.06 Å². The van der Waals surface area contributed by atoms with E-state index in [1.54, 1.807) is 0 Å². The van der Waals surface area contributed by atoms with Gasteiger partial charge < -0.3 is 9.42 Å². The topological polar surface area (TPSA) is 41.9 Å². The molecular formula is C34H70NO3P. The monoisotopic (exact) mass is 572 g/mol. The van der Waals surface area contributed by atoms with Crippen molar-refractivity contribution in [2.45, 2.75) is 188 Å². The number of allylic oxidation sites excluding steroid dienone is 2. The Morgan fingerprint density at radius 2 is 0.846 bits per heavy atom. The van der Waals surface area contributed by atoms with Crippen molar-refractivity contribution in [2.75, 3.05) is 19.7 Å². The number of nitrogens with zero attached hydrogens (tertiary/aromatic N) is 1. The molecule has 0 aliphatic rings. The SMILES string of the molecule is CCCCCCCC/C=C\CCCCCCCCOP(O)ON(CCCCCCCC)CCCCCCCC. The third-order valence-corrected chi connectivity index (χ3v) is 8.34. The van der Waals surface area contributed by atoms with E-state index in [1.165, 1.54) is 148 Å². The predicted molar refractivity (Wildman–Crippen MR) is 174 cm³/mol. The molecule has 0 radical (unpaired) electrons. The molecule has 4 nitrogen and oxygen atoms in total. The van der Waals surface area contributed by atoms with Crippen molar-refractivity contribution in [2.24, 2.45) is 0 Å². The number of hydrogen-bond acceptors (Lipinski definition) is 4. The van der Waals surface area contributed by atoms with E-state index in [-0.39, 0.29) is 0 Å². The molecule has 0 bridgehead atoms. The zero-order valence-electron chi connectivity index (χ0n) is 26.8. The number of hydroxylamine groups is 2. The van der Waals surface area contributed by atoms with Gasteiger partial charge in [-0.05, 0) is 44.9 Å². The molecule has 0 saturated carbocycles. The molecule has 0 rings (SSSR count).